The third kappa shape index (κ3) is 5.54. The van der Waals surface area contributed by atoms with Crippen LogP contribution in [0.15, 0.2) is 109 Å². The van der Waals surface area contributed by atoms with Gasteiger partial charge < -0.3 is 0 Å². The number of hydrogen-bond acceptors (Lipinski definition) is 2. The third-order valence-electron chi connectivity index (χ3n) is 4.00. The third-order valence-corrected chi connectivity index (χ3v) is 8.86. The van der Waals surface area contributed by atoms with Gasteiger partial charge in [0, 0.05) is 34.6 Å². The van der Waals surface area contributed by atoms with Crippen molar-refractivity contribution in [1.29, 1.82) is 0 Å². The standard InChI is InChI=1S/C18H14PS.C6H6N.Au/c20-19(16-10-4-1-5-11-16,17-12-6-2-7-13-17)18-14-8-3-9-15-18;1-6-4-2-3-5-7-6;/h1-14H;2-5H,1H2;/q2*-1;. The van der Waals surface area contributed by atoms with Crippen molar-refractivity contribution in [3.8, 4) is 0 Å². The van der Waals surface area contributed by atoms with E-state index in [1.165, 1.54) is 10.6 Å². The molecule has 0 aliphatic rings. The Kier molecular flexibility index (Phi) is 8.92. The Morgan fingerprint density at radius 1 is 0.714 bits per heavy atom. The Hall–Kier alpha value is -1.93. The van der Waals surface area contributed by atoms with E-state index in [-0.39, 0.29) is 22.4 Å². The summed E-state index contributed by atoms with van der Waals surface area (Å²) >= 11 is 6.18. The molecule has 0 bridgehead atoms. The zero-order chi connectivity index (χ0) is 19.0. The van der Waals surface area contributed by atoms with Crippen molar-refractivity contribution < 1.29 is 22.4 Å². The van der Waals surface area contributed by atoms with Gasteiger partial charge in [-0.2, -0.15) is 36.4 Å². The van der Waals surface area contributed by atoms with E-state index in [0.29, 0.717) is 0 Å². The maximum absolute atomic E-state index is 6.18. The minimum absolute atomic E-state index is 0. The quantitative estimate of drug-likeness (QED) is 0.201. The number of nitrogens with zero attached hydrogens (tertiary/aromatic N) is 1. The van der Waals surface area contributed by atoms with Gasteiger partial charge >= 0.3 is 0 Å². The van der Waals surface area contributed by atoms with Gasteiger partial charge in [-0.05, 0) is 10.6 Å². The maximum Gasteiger partial charge on any atom is 0.0222 e. The first-order chi connectivity index (χ1) is 13.2. The van der Waals surface area contributed by atoms with Crippen LogP contribution in [0.5, 0.6) is 0 Å². The molecule has 0 unspecified atom stereocenters. The first-order valence-electron chi connectivity index (χ1n) is 8.63. The molecule has 0 aliphatic heterocycles. The summed E-state index contributed by atoms with van der Waals surface area (Å²) in [4.78, 5) is 3.87. The fourth-order valence-corrected chi connectivity index (χ4v) is 6.34. The maximum atomic E-state index is 6.18. The van der Waals surface area contributed by atoms with E-state index in [4.69, 9.17) is 11.8 Å². The van der Waals surface area contributed by atoms with Crippen LogP contribution >= 0.6 is 6.04 Å². The fourth-order valence-electron chi connectivity index (χ4n) is 2.68. The van der Waals surface area contributed by atoms with Crippen molar-refractivity contribution in [1.82, 2.24) is 4.98 Å². The molecular weight excluding hydrogens is 562 g/mol. The van der Waals surface area contributed by atoms with Crippen LogP contribution in [0, 0.1) is 13.0 Å². The van der Waals surface area contributed by atoms with Crippen molar-refractivity contribution >= 4 is 33.8 Å². The Balaban J connectivity index is 0.000000298. The fraction of sp³-hybridized carbons (Fsp3) is 0. The number of pyridine rings is 1. The largest absolute Gasteiger partial charge is 0.296 e. The van der Waals surface area contributed by atoms with E-state index in [9.17, 15) is 0 Å². The predicted octanol–water partition coefficient (Wildman–Crippen LogP) is 4.50. The second-order valence-corrected chi connectivity index (χ2v) is 10.2. The Labute approximate surface area is 188 Å². The molecule has 1 aromatic heterocycles. The van der Waals surface area contributed by atoms with Gasteiger partial charge in [-0.3, -0.25) is 4.98 Å². The Bertz CT molecular complexity index is 890. The van der Waals surface area contributed by atoms with E-state index in [0.717, 1.165) is 11.0 Å². The second-order valence-electron chi connectivity index (χ2n) is 5.85. The minimum atomic E-state index is -2.00. The van der Waals surface area contributed by atoms with Gasteiger partial charge in [0.1, 0.15) is 0 Å². The van der Waals surface area contributed by atoms with E-state index >= 15 is 0 Å². The summed E-state index contributed by atoms with van der Waals surface area (Å²) in [6.07, 6.45) is 1.72. The Morgan fingerprint density at radius 3 is 1.64 bits per heavy atom. The smallest absolute Gasteiger partial charge is 0.0222 e. The molecule has 0 atom stereocenters. The second kappa shape index (κ2) is 11.2. The summed E-state index contributed by atoms with van der Waals surface area (Å²) in [6.45, 7) is 3.61. The van der Waals surface area contributed by atoms with Crippen LogP contribution in [0.1, 0.15) is 5.69 Å². The molecule has 3 aromatic carbocycles. The van der Waals surface area contributed by atoms with E-state index in [1.54, 1.807) is 6.20 Å². The van der Waals surface area contributed by atoms with Crippen molar-refractivity contribution in [2.45, 2.75) is 0 Å². The molecule has 28 heavy (non-hydrogen) atoms. The summed E-state index contributed by atoms with van der Waals surface area (Å²) in [6, 6.07) is 35.9. The molecule has 1 nitrogen and oxygen atoms in total. The van der Waals surface area contributed by atoms with Gasteiger partial charge in [0.15, 0.2) is 0 Å². The molecule has 0 saturated carbocycles. The molecule has 1 radical (unpaired) electrons. The van der Waals surface area contributed by atoms with Crippen LogP contribution < -0.4 is 15.9 Å². The van der Waals surface area contributed by atoms with E-state index in [2.05, 4.69) is 72.6 Å². The van der Waals surface area contributed by atoms with Crippen LogP contribution in [-0.4, -0.2) is 4.98 Å². The summed E-state index contributed by atoms with van der Waals surface area (Å²) < 4.78 is 0. The van der Waals surface area contributed by atoms with Gasteiger partial charge in [0.05, 0.1) is 0 Å². The molecular formula is C24H20AuNPS-2. The zero-order valence-electron chi connectivity index (χ0n) is 15.2. The average molecular weight is 582 g/mol. The number of hydrogen-bond donors (Lipinski definition) is 0. The van der Waals surface area contributed by atoms with Crippen LogP contribution in [0.3, 0.4) is 0 Å². The molecule has 4 heteroatoms. The van der Waals surface area contributed by atoms with Crippen molar-refractivity contribution in [3.05, 3.63) is 128 Å². The van der Waals surface area contributed by atoms with Crippen LogP contribution in [0.4, 0.5) is 0 Å². The first-order valence-corrected chi connectivity index (χ1v) is 11.4. The molecule has 1 heterocycles. The van der Waals surface area contributed by atoms with Gasteiger partial charge in [-0.15, -0.1) is 17.1 Å². The average Bonchev–Trinajstić information content (AvgIpc) is 2.76. The predicted molar refractivity (Wildman–Crippen MR) is 120 cm³/mol. The molecule has 0 amide bonds. The monoisotopic (exact) mass is 582 g/mol. The first kappa shape index (κ1) is 22.4. The van der Waals surface area contributed by atoms with Gasteiger partial charge in [-0.1, -0.05) is 78.5 Å². The number of benzene rings is 3. The molecule has 4 rings (SSSR count). The summed E-state index contributed by atoms with van der Waals surface area (Å²) in [5.41, 5.74) is 0.822. The molecule has 0 fully saturated rings. The molecule has 0 aliphatic carbocycles. The molecule has 0 saturated heterocycles. The summed E-state index contributed by atoms with van der Waals surface area (Å²) in [5.74, 6) is 0. The van der Waals surface area contributed by atoms with E-state index < -0.39 is 6.04 Å². The van der Waals surface area contributed by atoms with Gasteiger partial charge in [0.2, 0.25) is 0 Å². The summed E-state index contributed by atoms with van der Waals surface area (Å²) in [7, 11) is 0. The zero-order valence-corrected chi connectivity index (χ0v) is 19.1. The van der Waals surface area contributed by atoms with Crippen LogP contribution in [0.25, 0.3) is 0 Å². The normalized spacial score (nSPS) is 10.1. The van der Waals surface area contributed by atoms with Gasteiger partial charge in [-0.25, -0.2) is 6.92 Å². The van der Waals surface area contributed by atoms with Crippen LogP contribution in [0.2, 0.25) is 0 Å². The van der Waals surface area contributed by atoms with Crippen molar-refractivity contribution in [2.75, 3.05) is 0 Å². The van der Waals surface area contributed by atoms with E-state index in [1.807, 2.05) is 48.5 Å². The minimum Gasteiger partial charge on any atom is -0.296 e. The molecule has 0 N–H and O–H groups in total. The van der Waals surface area contributed by atoms with Crippen molar-refractivity contribution in [3.63, 3.8) is 0 Å². The number of rotatable bonds is 3. The van der Waals surface area contributed by atoms with Crippen LogP contribution in [-0.2, 0) is 34.2 Å². The van der Waals surface area contributed by atoms with Gasteiger partial charge in [0.25, 0.3) is 0 Å². The summed E-state index contributed by atoms with van der Waals surface area (Å²) in [5, 5.41) is 3.54. The molecule has 145 valence electrons. The molecule has 0 spiro atoms. The SMILES string of the molecule is S=P(c1[c-]cccc1)(c1ccccc1)c1ccccc1.[Au].[CH2-]c1ccccn1. The number of aromatic nitrogens is 1. The molecule has 4 aromatic rings. The Morgan fingerprint density at radius 2 is 1.25 bits per heavy atom. The van der Waals surface area contributed by atoms with Crippen molar-refractivity contribution in [2.24, 2.45) is 0 Å². The topological polar surface area (TPSA) is 12.9 Å².